The second-order valence-electron chi connectivity index (χ2n) is 4.98. The maximum Gasteiger partial charge on any atom is 0.234 e. The molecule has 25 heavy (non-hydrogen) atoms. The summed E-state index contributed by atoms with van der Waals surface area (Å²) in [5, 5.41) is 10.7. The number of nitrogens with zero attached hydrogens (tertiary/aromatic N) is 2. The third kappa shape index (κ3) is 4.43. The van der Waals surface area contributed by atoms with Gasteiger partial charge in [0.2, 0.25) is 11.0 Å². The smallest absolute Gasteiger partial charge is 0.234 e. The van der Waals surface area contributed by atoms with Crippen molar-refractivity contribution >= 4 is 45.6 Å². The molecule has 1 aromatic heterocycles. The van der Waals surface area contributed by atoms with Crippen LogP contribution in [-0.2, 0) is 4.79 Å². The number of hydrogen-bond acceptors (Lipinski definition) is 7. The van der Waals surface area contributed by atoms with E-state index in [2.05, 4.69) is 15.5 Å². The third-order valence-corrected chi connectivity index (χ3v) is 5.12. The molecular weight excluding hydrogens is 356 g/mol. The fourth-order valence-electron chi connectivity index (χ4n) is 2.13. The standard InChI is InChI=1S/C17H14N4O2S2/c18-16-20-21-17(25-16)24-10-14(22)19-13-9-5-4-8-12(13)15(23)11-6-2-1-3-7-11/h1-9H,10H2,(H2,18,20)(H,19,22). The molecule has 0 aliphatic heterocycles. The molecule has 0 fully saturated rings. The zero-order chi connectivity index (χ0) is 17.6. The van der Waals surface area contributed by atoms with Gasteiger partial charge in [-0.15, -0.1) is 10.2 Å². The Balaban J connectivity index is 1.70. The van der Waals surface area contributed by atoms with Gasteiger partial charge in [0.15, 0.2) is 10.1 Å². The summed E-state index contributed by atoms with van der Waals surface area (Å²) < 4.78 is 0.626. The van der Waals surface area contributed by atoms with E-state index >= 15 is 0 Å². The molecule has 1 amide bonds. The molecule has 0 spiro atoms. The minimum Gasteiger partial charge on any atom is -0.374 e. The normalized spacial score (nSPS) is 10.4. The summed E-state index contributed by atoms with van der Waals surface area (Å²) >= 11 is 2.47. The zero-order valence-corrected chi connectivity index (χ0v) is 14.6. The van der Waals surface area contributed by atoms with Gasteiger partial charge in [0, 0.05) is 11.1 Å². The van der Waals surface area contributed by atoms with E-state index in [1.54, 1.807) is 48.5 Å². The van der Waals surface area contributed by atoms with Crippen molar-refractivity contribution in [3.63, 3.8) is 0 Å². The fourth-order valence-corrected chi connectivity index (χ4v) is 3.56. The molecular formula is C17H14N4O2S2. The van der Waals surface area contributed by atoms with Gasteiger partial charge in [0.05, 0.1) is 11.4 Å². The van der Waals surface area contributed by atoms with Crippen LogP contribution in [0.2, 0.25) is 0 Å². The molecule has 126 valence electrons. The van der Waals surface area contributed by atoms with Crippen molar-refractivity contribution in [2.24, 2.45) is 0 Å². The van der Waals surface area contributed by atoms with Crippen LogP contribution in [0.25, 0.3) is 0 Å². The van der Waals surface area contributed by atoms with Crippen LogP contribution in [0, 0.1) is 0 Å². The van der Waals surface area contributed by atoms with Crippen LogP contribution in [0.5, 0.6) is 0 Å². The van der Waals surface area contributed by atoms with Gasteiger partial charge in [0.1, 0.15) is 0 Å². The second-order valence-corrected chi connectivity index (χ2v) is 7.22. The number of ketones is 1. The lowest BCUT2D eigenvalue weighted by Crippen LogP contribution is -2.16. The fraction of sp³-hybridized carbons (Fsp3) is 0.0588. The number of hydrogen-bond donors (Lipinski definition) is 2. The summed E-state index contributed by atoms with van der Waals surface area (Å²) in [5.74, 6) is -0.212. The second kappa shape index (κ2) is 7.91. The van der Waals surface area contributed by atoms with Crippen molar-refractivity contribution in [3.8, 4) is 0 Å². The maximum absolute atomic E-state index is 12.6. The summed E-state index contributed by atoms with van der Waals surface area (Å²) in [6, 6.07) is 15.9. The Kier molecular flexibility index (Phi) is 5.42. The minimum atomic E-state index is -0.230. The summed E-state index contributed by atoms with van der Waals surface area (Å²) in [6.07, 6.45) is 0. The Morgan fingerprint density at radius 2 is 1.76 bits per heavy atom. The number of carbonyl (C=O) groups excluding carboxylic acids is 2. The van der Waals surface area contributed by atoms with Crippen LogP contribution in [0.1, 0.15) is 15.9 Å². The predicted molar refractivity (Wildman–Crippen MR) is 100.0 cm³/mol. The quantitative estimate of drug-likeness (QED) is 0.511. The average Bonchev–Trinajstić information content (AvgIpc) is 3.06. The van der Waals surface area contributed by atoms with Crippen LogP contribution >= 0.6 is 23.1 Å². The molecule has 0 unspecified atom stereocenters. The molecule has 2 aromatic carbocycles. The number of rotatable bonds is 6. The van der Waals surface area contributed by atoms with Gasteiger partial charge in [-0.2, -0.15) is 0 Å². The van der Waals surface area contributed by atoms with Gasteiger partial charge >= 0.3 is 0 Å². The Morgan fingerprint density at radius 3 is 2.48 bits per heavy atom. The van der Waals surface area contributed by atoms with Crippen LogP contribution in [-0.4, -0.2) is 27.6 Å². The molecule has 0 aliphatic carbocycles. The van der Waals surface area contributed by atoms with Gasteiger partial charge in [-0.25, -0.2) is 0 Å². The van der Waals surface area contributed by atoms with Gasteiger partial charge in [-0.05, 0) is 12.1 Å². The SMILES string of the molecule is Nc1nnc(SCC(=O)Nc2ccccc2C(=O)c2ccccc2)s1. The summed E-state index contributed by atoms with van der Waals surface area (Å²) in [4.78, 5) is 24.8. The Labute approximate surface area is 152 Å². The largest absolute Gasteiger partial charge is 0.374 e. The maximum atomic E-state index is 12.6. The van der Waals surface area contributed by atoms with E-state index in [1.165, 1.54) is 23.1 Å². The number of nitrogens with two attached hydrogens (primary N) is 1. The molecule has 0 radical (unpaired) electrons. The molecule has 8 heteroatoms. The first-order valence-electron chi connectivity index (χ1n) is 7.34. The monoisotopic (exact) mass is 370 g/mol. The molecule has 0 atom stereocenters. The number of para-hydroxylation sites is 1. The lowest BCUT2D eigenvalue weighted by molar-refractivity contribution is -0.113. The van der Waals surface area contributed by atoms with Crippen LogP contribution in [0.4, 0.5) is 10.8 Å². The van der Waals surface area contributed by atoms with Gasteiger partial charge in [0.25, 0.3) is 0 Å². The first-order valence-corrected chi connectivity index (χ1v) is 9.14. The number of nitrogen functional groups attached to an aromatic ring is 1. The van der Waals surface area contributed by atoms with Crippen LogP contribution in [0.3, 0.4) is 0 Å². The summed E-state index contributed by atoms with van der Waals surface area (Å²) in [6.45, 7) is 0. The Bertz CT molecular complexity index is 896. The molecule has 0 bridgehead atoms. The molecule has 3 rings (SSSR count). The number of anilines is 2. The lowest BCUT2D eigenvalue weighted by Gasteiger charge is -2.10. The van der Waals surface area contributed by atoms with E-state index in [-0.39, 0.29) is 17.4 Å². The van der Waals surface area contributed by atoms with Crippen molar-refractivity contribution in [2.45, 2.75) is 4.34 Å². The zero-order valence-electron chi connectivity index (χ0n) is 13.0. The number of aromatic nitrogens is 2. The molecule has 0 aliphatic rings. The molecule has 6 nitrogen and oxygen atoms in total. The number of amides is 1. The highest BCUT2D eigenvalue weighted by Crippen LogP contribution is 2.24. The van der Waals surface area contributed by atoms with Crippen molar-refractivity contribution in [3.05, 3.63) is 65.7 Å². The van der Waals surface area contributed by atoms with Gasteiger partial charge in [-0.3, -0.25) is 9.59 Å². The first kappa shape index (κ1) is 17.1. The van der Waals surface area contributed by atoms with Crippen LogP contribution in [0.15, 0.2) is 58.9 Å². The van der Waals surface area contributed by atoms with E-state index in [0.717, 1.165) is 0 Å². The highest BCUT2D eigenvalue weighted by atomic mass is 32.2. The highest BCUT2D eigenvalue weighted by Gasteiger charge is 2.15. The van der Waals surface area contributed by atoms with Crippen molar-refractivity contribution in [2.75, 3.05) is 16.8 Å². The number of nitrogens with one attached hydrogen (secondary N) is 1. The predicted octanol–water partition coefficient (Wildman–Crippen LogP) is 3.08. The molecule has 1 heterocycles. The van der Waals surface area contributed by atoms with Crippen molar-refractivity contribution in [1.29, 1.82) is 0 Å². The van der Waals surface area contributed by atoms with Crippen molar-refractivity contribution < 1.29 is 9.59 Å². The molecule has 0 saturated carbocycles. The lowest BCUT2D eigenvalue weighted by atomic mass is 10.0. The number of carbonyl (C=O) groups is 2. The molecule has 3 N–H and O–H groups in total. The van der Waals surface area contributed by atoms with E-state index in [9.17, 15) is 9.59 Å². The minimum absolute atomic E-state index is 0.138. The van der Waals surface area contributed by atoms with E-state index < -0.39 is 0 Å². The average molecular weight is 370 g/mol. The Morgan fingerprint density at radius 1 is 1.04 bits per heavy atom. The summed E-state index contributed by atoms with van der Waals surface area (Å²) in [5.41, 5.74) is 7.02. The number of thioether (sulfide) groups is 1. The van der Waals surface area contributed by atoms with E-state index in [1.807, 2.05) is 6.07 Å². The molecule has 3 aromatic rings. The first-order chi connectivity index (χ1) is 12.1. The topological polar surface area (TPSA) is 98.0 Å². The highest BCUT2D eigenvalue weighted by molar-refractivity contribution is 8.01. The van der Waals surface area contributed by atoms with Gasteiger partial charge in [-0.1, -0.05) is 65.6 Å². The third-order valence-electron chi connectivity index (χ3n) is 3.23. The number of benzene rings is 2. The van der Waals surface area contributed by atoms with Crippen molar-refractivity contribution in [1.82, 2.24) is 10.2 Å². The molecule has 0 saturated heterocycles. The van der Waals surface area contributed by atoms with E-state index in [4.69, 9.17) is 5.73 Å². The van der Waals surface area contributed by atoms with E-state index in [0.29, 0.717) is 26.3 Å². The summed E-state index contributed by atoms with van der Waals surface area (Å²) in [7, 11) is 0. The van der Waals surface area contributed by atoms with Crippen LogP contribution < -0.4 is 11.1 Å². The van der Waals surface area contributed by atoms with Gasteiger partial charge < -0.3 is 11.1 Å². The Hall–Kier alpha value is -2.71.